The Bertz CT molecular complexity index is 962. The van der Waals surface area contributed by atoms with Crippen LogP contribution >= 0.6 is 11.6 Å². The van der Waals surface area contributed by atoms with Crippen molar-refractivity contribution in [3.8, 4) is 0 Å². The highest BCUT2D eigenvalue weighted by Crippen LogP contribution is 2.19. The Morgan fingerprint density at radius 2 is 1.81 bits per heavy atom. The number of pyridine rings is 1. The zero-order valence-electron chi connectivity index (χ0n) is 17.9. The number of likely N-dealkylation sites (N-methyl/N-ethyl adjacent to an activating group) is 2. The lowest BCUT2D eigenvalue weighted by molar-refractivity contribution is -0.132. The topological polar surface area (TPSA) is 73.8 Å². The second kappa shape index (κ2) is 10.5. The SMILES string of the molecule is CN(C(=O)CN(C)S(=O)(=O)c1ccc(Cl)cc1)C1CCN(CCc2ccccn2)CC1. The van der Waals surface area contributed by atoms with Gasteiger partial charge in [0.2, 0.25) is 15.9 Å². The third kappa shape index (κ3) is 6.26. The van der Waals surface area contributed by atoms with Crippen molar-refractivity contribution in [3.05, 3.63) is 59.4 Å². The number of benzene rings is 1. The first-order valence-corrected chi connectivity index (χ1v) is 12.2. The van der Waals surface area contributed by atoms with Gasteiger partial charge in [-0.05, 0) is 49.2 Å². The first kappa shape index (κ1) is 23.7. The molecule has 0 bridgehead atoms. The fourth-order valence-electron chi connectivity index (χ4n) is 3.73. The molecule has 0 radical (unpaired) electrons. The molecule has 1 aromatic carbocycles. The minimum absolute atomic E-state index is 0.116. The molecule has 1 amide bonds. The van der Waals surface area contributed by atoms with E-state index >= 15 is 0 Å². The van der Waals surface area contributed by atoms with Gasteiger partial charge in [0, 0.05) is 63.1 Å². The molecule has 1 fully saturated rings. The summed E-state index contributed by atoms with van der Waals surface area (Å²) in [5, 5.41) is 0.462. The Labute approximate surface area is 189 Å². The molecule has 0 N–H and O–H groups in total. The maximum absolute atomic E-state index is 12.8. The molecule has 168 valence electrons. The highest BCUT2D eigenvalue weighted by Gasteiger charge is 2.29. The molecule has 7 nitrogen and oxygen atoms in total. The van der Waals surface area contributed by atoms with Gasteiger partial charge in [0.1, 0.15) is 0 Å². The Kier molecular flexibility index (Phi) is 8.05. The lowest BCUT2D eigenvalue weighted by Crippen LogP contribution is -2.48. The summed E-state index contributed by atoms with van der Waals surface area (Å²) in [6, 6.07) is 12.0. The summed E-state index contributed by atoms with van der Waals surface area (Å²) in [5.74, 6) is -0.202. The van der Waals surface area contributed by atoms with E-state index in [0.29, 0.717) is 5.02 Å². The summed E-state index contributed by atoms with van der Waals surface area (Å²) in [6.45, 7) is 2.58. The lowest BCUT2D eigenvalue weighted by Gasteiger charge is -2.37. The molecule has 1 saturated heterocycles. The lowest BCUT2D eigenvalue weighted by atomic mass is 10.0. The number of rotatable bonds is 8. The van der Waals surface area contributed by atoms with E-state index in [-0.39, 0.29) is 23.4 Å². The molecule has 1 aliphatic rings. The number of halogens is 1. The molecule has 2 aromatic rings. The van der Waals surface area contributed by atoms with Gasteiger partial charge in [-0.25, -0.2) is 8.42 Å². The van der Waals surface area contributed by atoms with Crippen LogP contribution in [0, 0.1) is 0 Å². The monoisotopic (exact) mass is 464 g/mol. The normalized spacial score (nSPS) is 15.9. The molecule has 0 spiro atoms. The number of aromatic nitrogens is 1. The van der Waals surface area contributed by atoms with E-state index in [1.807, 2.05) is 24.4 Å². The Balaban J connectivity index is 1.48. The van der Waals surface area contributed by atoms with E-state index in [1.54, 1.807) is 11.9 Å². The van der Waals surface area contributed by atoms with Gasteiger partial charge < -0.3 is 9.80 Å². The minimum atomic E-state index is -3.74. The van der Waals surface area contributed by atoms with E-state index < -0.39 is 10.0 Å². The molecule has 31 heavy (non-hydrogen) atoms. The second-order valence-electron chi connectivity index (χ2n) is 7.86. The van der Waals surface area contributed by atoms with Crippen molar-refractivity contribution in [2.75, 3.05) is 40.3 Å². The largest absolute Gasteiger partial charge is 0.342 e. The third-order valence-electron chi connectivity index (χ3n) is 5.79. The second-order valence-corrected chi connectivity index (χ2v) is 10.3. The number of likely N-dealkylation sites (tertiary alicyclic amines) is 1. The number of nitrogens with zero attached hydrogens (tertiary/aromatic N) is 4. The Morgan fingerprint density at radius 3 is 2.42 bits per heavy atom. The van der Waals surface area contributed by atoms with Gasteiger partial charge >= 0.3 is 0 Å². The van der Waals surface area contributed by atoms with Crippen LogP contribution in [0.15, 0.2) is 53.6 Å². The molecular weight excluding hydrogens is 436 g/mol. The quantitative estimate of drug-likeness (QED) is 0.600. The Morgan fingerprint density at radius 1 is 1.13 bits per heavy atom. The minimum Gasteiger partial charge on any atom is -0.342 e. The number of carbonyl (C=O) groups excluding carboxylic acids is 1. The van der Waals surface area contributed by atoms with Crippen LogP contribution in [0.5, 0.6) is 0 Å². The molecule has 1 aliphatic heterocycles. The molecule has 3 rings (SSSR count). The van der Waals surface area contributed by atoms with Crippen molar-refractivity contribution in [2.45, 2.75) is 30.2 Å². The zero-order chi connectivity index (χ0) is 22.4. The van der Waals surface area contributed by atoms with Gasteiger partial charge in [-0.1, -0.05) is 17.7 Å². The molecule has 0 unspecified atom stereocenters. The summed E-state index contributed by atoms with van der Waals surface area (Å²) >= 11 is 5.84. The van der Waals surface area contributed by atoms with Gasteiger partial charge in [-0.15, -0.1) is 0 Å². The van der Waals surface area contributed by atoms with Gasteiger partial charge in [0.25, 0.3) is 0 Å². The van der Waals surface area contributed by atoms with Crippen molar-refractivity contribution in [1.29, 1.82) is 0 Å². The Hall–Kier alpha value is -2.00. The van der Waals surface area contributed by atoms with Gasteiger partial charge in [0.15, 0.2) is 0 Å². The summed E-state index contributed by atoms with van der Waals surface area (Å²) < 4.78 is 26.5. The van der Waals surface area contributed by atoms with Crippen LogP contribution in [0.4, 0.5) is 0 Å². The van der Waals surface area contributed by atoms with Crippen molar-refractivity contribution < 1.29 is 13.2 Å². The summed E-state index contributed by atoms with van der Waals surface area (Å²) in [4.78, 5) is 21.3. The van der Waals surface area contributed by atoms with Crippen LogP contribution in [-0.2, 0) is 21.2 Å². The predicted molar refractivity (Wildman–Crippen MR) is 121 cm³/mol. The average Bonchev–Trinajstić information content (AvgIpc) is 2.78. The van der Waals surface area contributed by atoms with Crippen LogP contribution in [-0.4, -0.2) is 79.7 Å². The van der Waals surface area contributed by atoms with Crippen LogP contribution in [0.3, 0.4) is 0 Å². The average molecular weight is 465 g/mol. The fraction of sp³-hybridized carbons (Fsp3) is 0.455. The standard InChI is InChI=1S/C22H29ClN4O3S/c1-25(31(29,30)21-8-6-18(23)7-9-21)17-22(28)26(2)20-11-15-27(16-12-20)14-10-19-5-3-4-13-24-19/h3-9,13,20H,10-12,14-17H2,1-2H3. The summed E-state index contributed by atoms with van der Waals surface area (Å²) in [5.41, 5.74) is 1.09. The fourth-order valence-corrected chi connectivity index (χ4v) is 4.97. The number of amides is 1. The highest BCUT2D eigenvalue weighted by atomic mass is 35.5. The number of hydrogen-bond donors (Lipinski definition) is 0. The first-order valence-electron chi connectivity index (χ1n) is 10.4. The van der Waals surface area contributed by atoms with E-state index in [4.69, 9.17) is 11.6 Å². The summed E-state index contributed by atoms with van der Waals surface area (Å²) in [7, 11) is -0.555. The molecule has 1 aromatic heterocycles. The smallest absolute Gasteiger partial charge is 0.243 e. The van der Waals surface area contributed by atoms with E-state index in [0.717, 1.165) is 48.9 Å². The number of carbonyl (C=O) groups is 1. The van der Waals surface area contributed by atoms with Crippen molar-refractivity contribution >= 4 is 27.5 Å². The van der Waals surface area contributed by atoms with Crippen LogP contribution in [0.25, 0.3) is 0 Å². The van der Waals surface area contributed by atoms with E-state index in [9.17, 15) is 13.2 Å². The molecular formula is C22H29ClN4O3S. The first-order chi connectivity index (χ1) is 14.8. The zero-order valence-corrected chi connectivity index (χ0v) is 19.5. The maximum Gasteiger partial charge on any atom is 0.243 e. The maximum atomic E-state index is 12.8. The van der Waals surface area contributed by atoms with Crippen molar-refractivity contribution in [1.82, 2.24) is 19.1 Å². The predicted octanol–water partition coefficient (Wildman–Crippen LogP) is 2.52. The van der Waals surface area contributed by atoms with Crippen molar-refractivity contribution in [3.63, 3.8) is 0 Å². The molecule has 0 saturated carbocycles. The molecule has 0 aliphatic carbocycles. The third-order valence-corrected chi connectivity index (χ3v) is 7.86. The molecule has 0 atom stereocenters. The van der Waals surface area contributed by atoms with E-state index in [2.05, 4.69) is 9.88 Å². The van der Waals surface area contributed by atoms with E-state index in [1.165, 1.54) is 31.3 Å². The number of hydrogen-bond acceptors (Lipinski definition) is 5. The van der Waals surface area contributed by atoms with Gasteiger partial charge in [0.05, 0.1) is 11.4 Å². The van der Waals surface area contributed by atoms with Crippen LogP contribution in [0.1, 0.15) is 18.5 Å². The number of sulfonamides is 1. The highest BCUT2D eigenvalue weighted by molar-refractivity contribution is 7.89. The summed E-state index contributed by atoms with van der Waals surface area (Å²) in [6.07, 6.45) is 4.47. The number of piperidine rings is 1. The van der Waals surface area contributed by atoms with Crippen molar-refractivity contribution in [2.24, 2.45) is 0 Å². The van der Waals surface area contributed by atoms with Crippen LogP contribution in [0.2, 0.25) is 5.02 Å². The molecule has 9 heteroatoms. The van der Waals surface area contributed by atoms with Gasteiger partial charge in [-0.2, -0.15) is 4.31 Å². The van der Waals surface area contributed by atoms with Gasteiger partial charge in [-0.3, -0.25) is 9.78 Å². The molecule has 2 heterocycles. The van der Waals surface area contributed by atoms with Crippen LogP contribution < -0.4 is 0 Å².